The maximum absolute atomic E-state index is 13.0. The number of nitrogens with zero attached hydrogens (tertiary/aromatic N) is 4. The standard InChI is InChI=1S/C21H19N5O2/c1-13(27)24-16-6-4-5-14(11-16)19-20(25(2)26(3)21(19)28)15-7-8-17-18(12-15)23-10-9-22-17/h4-12H,1-3H3,(H,24,27). The molecule has 28 heavy (non-hydrogen) atoms. The normalized spacial score (nSPS) is 11.0. The third-order valence-corrected chi connectivity index (χ3v) is 4.73. The number of benzene rings is 2. The Bertz CT molecular complexity index is 1270. The van der Waals surface area contributed by atoms with Crippen LogP contribution in [0.4, 0.5) is 5.69 Å². The number of fused-ring (bicyclic) bond motifs is 1. The fourth-order valence-electron chi connectivity index (χ4n) is 3.37. The van der Waals surface area contributed by atoms with Crippen LogP contribution in [0.15, 0.2) is 59.7 Å². The zero-order valence-electron chi connectivity index (χ0n) is 15.8. The van der Waals surface area contributed by atoms with Crippen molar-refractivity contribution in [2.45, 2.75) is 6.92 Å². The minimum Gasteiger partial charge on any atom is -0.326 e. The molecule has 0 aliphatic rings. The SMILES string of the molecule is CC(=O)Nc1cccc(-c2c(-c3ccc4nccnc4c3)n(C)n(C)c2=O)c1. The molecule has 0 saturated heterocycles. The minimum absolute atomic E-state index is 0.114. The van der Waals surface area contributed by atoms with Crippen LogP contribution in [-0.4, -0.2) is 25.2 Å². The molecule has 0 bridgehead atoms. The van der Waals surface area contributed by atoms with Crippen molar-refractivity contribution in [3.63, 3.8) is 0 Å². The molecule has 1 amide bonds. The highest BCUT2D eigenvalue weighted by atomic mass is 16.1. The molecule has 0 fully saturated rings. The molecule has 7 nitrogen and oxygen atoms in total. The van der Waals surface area contributed by atoms with Gasteiger partial charge in [0.1, 0.15) is 0 Å². The Morgan fingerprint density at radius 2 is 1.68 bits per heavy atom. The second-order valence-electron chi connectivity index (χ2n) is 6.60. The van der Waals surface area contributed by atoms with Crippen LogP contribution in [0, 0.1) is 0 Å². The smallest absolute Gasteiger partial charge is 0.274 e. The first kappa shape index (κ1) is 17.7. The van der Waals surface area contributed by atoms with Gasteiger partial charge in [0.15, 0.2) is 0 Å². The molecule has 0 radical (unpaired) electrons. The van der Waals surface area contributed by atoms with Crippen LogP contribution in [0.25, 0.3) is 33.4 Å². The number of rotatable bonds is 3. The van der Waals surface area contributed by atoms with Gasteiger partial charge < -0.3 is 5.32 Å². The molecule has 0 atom stereocenters. The number of carbonyl (C=O) groups excluding carboxylic acids is 1. The predicted octanol–water partition coefficient (Wildman–Crippen LogP) is 2.96. The van der Waals surface area contributed by atoms with Crippen molar-refractivity contribution in [1.82, 2.24) is 19.3 Å². The quantitative estimate of drug-likeness (QED) is 0.599. The maximum atomic E-state index is 13.0. The first-order valence-corrected chi connectivity index (χ1v) is 8.81. The van der Waals surface area contributed by atoms with E-state index in [0.717, 1.165) is 27.9 Å². The average Bonchev–Trinajstić information content (AvgIpc) is 2.91. The van der Waals surface area contributed by atoms with Gasteiger partial charge in [0.05, 0.1) is 22.3 Å². The topological polar surface area (TPSA) is 81.8 Å². The summed E-state index contributed by atoms with van der Waals surface area (Å²) < 4.78 is 3.39. The van der Waals surface area contributed by atoms with Crippen molar-refractivity contribution in [2.75, 3.05) is 5.32 Å². The lowest BCUT2D eigenvalue weighted by Gasteiger charge is -2.10. The van der Waals surface area contributed by atoms with Crippen molar-refractivity contribution in [3.8, 4) is 22.4 Å². The highest BCUT2D eigenvalue weighted by Gasteiger charge is 2.20. The summed E-state index contributed by atoms with van der Waals surface area (Å²) in [4.78, 5) is 33.1. The van der Waals surface area contributed by atoms with Gasteiger partial charge in [-0.25, -0.2) is 0 Å². The number of hydrogen-bond acceptors (Lipinski definition) is 4. The highest BCUT2D eigenvalue weighted by molar-refractivity contribution is 5.91. The summed E-state index contributed by atoms with van der Waals surface area (Å²) in [5.41, 5.74) is 5.04. The van der Waals surface area contributed by atoms with Gasteiger partial charge in [-0.15, -0.1) is 0 Å². The zero-order chi connectivity index (χ0) is 19.8. The predicted molar refractivity (Wildman–Crippen MR) is 109 cm³/mol. The van der Waals surface area contributed by atoms with Gasteiger partial charge in [-0.3, -0.25) is 28.9 Å². The molecule has 0 unspecified atom stereocenters. The summed E-state index contributed by atoms with van der Waals surface area (Å²) in [5.74, 6) is -0.161. The molecular weight excluding hydrogens is 354 g/mol. The molecule has 2 heterocycles. The molecule has 0 aliphatic heterocycles. The summed E-state index contributed by atoms with van der Waals surface area (Å²) in [6.45, 7) is 1.45. The van der Waals surface area contributed by atoms with Crippen LogP contribution in [0.2, 0.25) is 0 Å². The Kier molecular flexibility index (Phi) is 4.27. The molecule has 7 heteroatoms. The number of carbonyl (C=O) groups is 1. The second kappa shape index (κ2) is 6.77. The molecule has 140 valence electrons. The van der Waals surface area contributed by atoms with Crippen LogP contribution >= 0.6 is 0 Å². The summed E-state index contributed by atoms with van der Waals surface area (Å²) >= 11 is 0. The third-order valence-electron chi connectivity index (χ3n) is 4.73. The number of hydrogen-bond donors (Lipinski definition) is 1. The number of aromatic nitrogens is 4. The van der Waals surface area contributed by atoms with Crippen molar-refractivity contribution < 1.29 is 4.79 Å². The van der Waals surface area contributed by atoms with E-state index in [1.807, 2.05) is 48.1 Å². The summed E-state index contributed by atoms with van der Waals surface area (Å²) in [5, 5.41) is 2.77. The molecular formula is C21H19N5O2. The number of nitrogens with one attached hydrogen (secondary N) is 1. The maximum Gasteiger partial charge on any atom is 0.274 e. The molecule has 4 rings (SSSR count). The van der Waals surface area contributed by atoms with Gasteiger partial charge in [-0.2, -0.15) is 0 Å². The van der Waals surface area contributed by atoms with E-state index in [4.69, 9.17) is 0 Å². The number of amides is 1. The van der Waals surface area contributed by atoms with E-state index in [0.29, 0.717) is 11.3 Å². The van der Waals surface area contributed by atoms with E-state index in [1.165, 1.54) is 6.92 Å². The van der Waals surface area contributed by atoms with Crippen molar-refractivity contribution in [3.05, 3.63) is 65.2 Å². The second-order valence-corrected chi connectivity index (χ2v) is 6.60. The van der Waals surface area contributed by atoms with Crippen molar-refractivity contribution in [2.24, 2.45) is 14.1 Å². The molecule has 4 aromatic rings. The van der Waals surface area contributed by atoms with Gasteiger partial charge in [0.25, 0.3) is 5.56 Å². The third kappa shape index (κ3) is 2.96. The summed E-state index contributed by atoms with van der Waals surface area (Å²) in [6.07, 6.45) is 3.30. The molecule has 2 aromatic carbocycles. The number of anilines is 1. The summed E-state index contributed by atoms with van der Waals surface area (Å²) in [6, 6.07) is 13.1. The fourth-order valence-corrected chi connectivity index (χ4v) is 3.37. The van der Waals surface area contributed by atoms with Crippen LogP contribution in [0.3, 0.4) is 0 Å². The molecule has 0 aliphatic carbocycles. The largest absolute Gasteiger partial charge is 0.326 e. The van der Waals surface area contributed by atoms with Crippen LogP contribution in [0.5, 0.6) is 0 Å². The Morgan fingerprint density at radius 1 is 0.929 bits per heavy atom. The van der Waals surface area contributed by atoms with E-state index in [2.05, 4.69) is 15.3 Å². The van der Waals surface area contributed by atoms with Crippen LogP contribution in [-0.2, 0) is 18.9 Å². The van der Waals surface area contributed by atoms with Gasteiger partial charge in [0, 0.05) is 44.7 Å². The van der Waals surface area contributed by atoms with E-state index < -0.39 is 0 Å². The lowest BCUT2D eigenvalue weighted by atomic mass is 10.0. The van der Waals surface area contributed by atoms with Gasteiger partial charge in [-0.1, -0.05) is 18.2 Å². The molecule has 1 N–H and O–H groups in total. The zero-order valence-corrected chi connectivity index (χ0v) is 15.8. The van der Waals surface area contributed by atoms with E-state index in [9.17, 15) is 9.59 Å². The van der Waals surface area contributed by atoms with E-state index in [-0.39, 0.29) is 11.5 Å². The first-order chi connectivity index (χ1) is 13.5. The minimum atomic E-state index is -0.161. The fraction of sp³-hybridized carbons (Fsp3) is 0.143. The average molecular weight is 373 g/mol. The van der Waals surface area contributed by atoms with Gasteiger partial charge in [0.2, 0.25) is 5.91 Å². The first-order valence-electron chi connectivity index (χ1n) is 8.81. The van der Waals surface area contributed by atoms with Crippen molar-refractivity contribution >= 4 is 22.6 Å². The lowest BCUT2D eigenvalue weighted by molar-refractivity contribution is -0.114. The van der Waals surface area contributed by atoms with Crippen LogP contribution < -0.4 is 10.9 Å². The van der Waals surface area contributed by atoms with E-state index >= 15 is 0 Å². The van der Waals surface area contributed by atoms with Gasteiger partial charge in [-0.05, 0) is 29.8 Å². The Morgan fingerprint density at radius 3 is 2.43 bits per heavy atom. The van der Waals surface area contributed by atoms with Crippen molar-refractivity contribution in [1.29, 1.82) is 0 Å². The monoisotopic (exact) mass is 373 g/mol. The lowest BCUT2D eigenvalue weighted by Crippen LogP contribution is -2.17. The van der Waals surface area contributed by atoms with E-state index in [1.54, 1.807) is 30.2 Å². The Hall–Kier alpha value is -3.74. The summed E-state index contributed by atoms with van der Waals surface area (Å²) in [7, 11) is 3.58. The Labute approximate surface area is 161 Å². The Balaban J connectivity index is 1.95. The molecule has 2 aromatic heterocycles. The molecule has 0 saturated carbocycles. The highest BCUT2D eigenvalue weighted by Crippen LogP contribution is 2.32. The molecule has 0 spiro atoms. The van der Waals surface area contributed by atoms with Gasteiger partial charge >= 0.3 is 0 Å². The van der Waals surface area contributed by atoms with Crippen LogP contribution in [0.1, 0.15) is 6.92 Å².